The van der Waals surface area contributed by atoms with E-state index in [0.29, 0.717) is 12.2 Å². The van der Waals surface area contributed by atoms with Gasteiger partial charge in [0.15, 0.2) is 11.6 Å². The summed E-state index contributed by atoms with van der Waals surface area (Å²) in [6, 6.07) is 11.7. The normalized spacial score (nSPS) is 12.3. The molecule has 2 aromatic rings. The number of likely N-dealkylation sites (N-methyl/N-ethyl adjacent to an activating group) is 1. The lowest BCUT2D eigenvalue weighted by Gasteiger charge is -2.25. The highest BCUT2D eigenvalue weighted by Crippen LogP contribution is 2.22. The van der Waals surface area contributed by atoms with Crippen LogP contribution < -0.4 is 10.1 Å². The summed E-state index contributed by atoms with van der Waals surface area (Å²) in [5.74, 6) is -0.893. The van der Waals surface area contributed by atoms with Gasteiger partial charge in [0.2, 0.25) is 0 Å². The van der Waals surface area contributed by atoms with Crippen molar-refractivity contribution in [2.45, 2.75) is 6.04 Å². The van der Waals surface area contributed by atoms with Crippen molar-refractivity contribution in [2.24, 2.45) is 0 Å². The molecule has 2 rings (SSSR count). The molecule has 5 heteroatoms. The SMILES string of the molecule is COc1ccc(C(CNc2ccc(F)c(F)c2)N(C)C)cc1. The van der Waals surface area contributed by atoms with Gasteiger partial charge in [-0.25, -0.2) is 8.78 Å². The second kappa shape index (κ2) is 7.22. The van der Waals surface area contributed by atoms with Gasteiger partial charge < -0.3 is 15.0 Å². The lowest BCUT2D eigenvalue weighted by molar-refractivity contribution is 0.311. The average Bonchev–Trinajstić information content (AvgIpc) is 2.51. The summed E-state index contributed by atoms with van der Waals surface area (Å²) in [4.78, 5) is 2.06. The van der Waals surface area contributed by atoms with Crippen LogP contribution in [0.25, 0.3) is 0 Å². The van der Waals surface area contributed by atoms with Gasteiger partial charge in [-0.3, -0.25) is 0 Å². The molecule has 0 aromatic heterocycles. The van der Waals surface area contributed by atoms with Gasteiger partial charge in [-0.2, -0.15) is 0 Å². The molecule has 0 fully saturated rings. The zero-order valence-corrected chi connectivity index (χ0v) is 12.9. The first-order valence-electron chi connectivity index (χ1n) is 7.00. The molecule has 0 bridgehead atoms. The Hall–Kier alpha value is -2.14. The Morgan fingerprint density at radius 1 is 1.05 bits per heavy atom. The monoisotopic (exact) mass is 306 g/mol. The Labute approximate surface area is 129 Å². The molecule has 0 spiro atoms. The number of ether oxygens (including phenoxy) is 1. The Bertz CT molecular complexity index is 615. The number of hydrogen-bond donors (Lipinski definition) is 1. The van der Waals surface area contributed by atoms with E-state index in [1.807, 2.05) is 38.4 Å². The fraction of sp³-hybridized carbons (Fsp3) is 0.294. The molecule has 1 unspecified atom stereocenters. The first-order valence-corrected chi connectivity index (χ1v) is 7.00. The van der Waals surface area contributed by atoms with Gasteiger partial charge in [0.25, 0.3) is 0 Å². The van der Waals surface area contributed by atoms with Crippen molar-refractivity contribution in [3.63, 3.8) is 0 Å². The van der Waals surface area contributed by atoms with E-state index in [1.54, 1.807) is 7.11 Å². The molecule has 0 radical (unpaired) electrons. The summed E-state index contributed by atoms with van der Waals surface area (Å²) >= 11 is 0. The number of halogens is 2. The topological polar surface area (TPSA) is 24.5 Å². The van der Waals surface area contributed by atoms with E-state index in [1.165, 1.54) is 6.07 Å². The Morgan fingerprint density at radius 2 is 1.73 bits per heavy atom. The molecule has 0 saturated carbocycles. The van der Waals surface area contributed by atoms with Gasteiger partial charge in [0.05, 0.1) is 13.2 Å². The second-order valence-electron chi connectivity index (χ2n) is 5.26. The van der Waals surface area contributed by atoms with Crippen LogP contribution >= 0.6 is 0 Å². The number of anilines is 1. The summed E-state index contributed by atoms with van der Waals surface area (Å²) < 4.78 is 31.3. The number of nitrogens with one attached hydrogen (secondary N) is 1. The predicted octanol–water partition coefficient (Wildman–Crippen LogP) is 3.69. The third-order valence-corrected chi connectivity index (χ3v) is 3.54. The van der Waals surface area contributed by atoms with Crippen molar-refractivity contribution in [3.8, 4) is 5.75 Å². The maximum atomic E-state index is 13.2. The third kappa shape index (κ3) is 3.95. The molecule has 0 aliphatic carbocycles. The Morgan fingerprint density at radius 3 is 2.27 bits per heavy atom. The van der Waals surface area contributed by atoms with Gasteiger partial charge in [-0.1, -0.05) is 12.1 Å². The molecule has 2 aromatic carbocycles. The number of methoxy groups -OCH3 is 1. The summed E-state index contributed by atoms with van der Waals surface area (Å²) in [6.07, 6.45) is 0. The van der Waals surface area contributed by atoms with E-state index >= 15 is 0 Å². The minimum atomic E-state index is -0.851. The lowest BCUT2D eigenvalue weighted by atomic mass is 10.1. The first-order chi connectivity index (χ1) is 10.5. The highest BCUT2D eigenvalue weighted by atomic mass is 19.2. The molecule has 0 saturated heterocycles. The van der Waals surface area contributed by atoms with Gasteiger partial charge >= 0.3 is 0 Å². The fourth-order valence-electron chi connectivity index (χ4n) is 2.25. The van der Waals surface area contributed by atoms with E-state index in [2.05, 4.69) is 10.2 Å². The Balaban J connectivity index is 2.09. The molecule has 1 atom stereocenters. The van der Waals surface area contributed by atoms with Crippen LogP contribution in [0.2, 0.25) is 0 Å². The van der Waals surface area contributed by atoms with Crippen LogP contribution in [-0.4, -0.2) is 32.6 Å². The summed E-state index contributed by atoms with van der Waals surface area (Å²) in [6.45, 7) is 0.574. The quantitative estimate of drug-likeness (QED) is 0.881. The lowest BCUT2D eigenvalue weighted by Crippen LogP contribution is -2.26. The highest BCUT2D eigenvalue weighted by Gasteiger charge is 2.14. The number of benzene rings is 2. The maximum absolute atomic E-state index is 13.2. The minimum absolute atomic E-state index is 0.0963. The highest BCUT2D eigenvalue weighted by molar-refractivity contribution is 5.44. The van der Waals surface area contributed by atoms with E-state index in [4.69, 9.17) is 4.74 Å². The van der Waals surface area contributed by atoms with Crippen molar-refractivity contribution < 1.29 is 13.5 Å². The molecular weight excluding hydrogens is 286 g/mol. The zero-order valence-electron chi connectivity index (χ0n) is 12.9. The molecule has 1 N–H and O–H groups in total. The predicted molar refractivity (Wildman–Crippen MR) is 84.3 cm³/mol. The molecular formula is C17H20F2N2O. The van der Waals surface area contributed by atoms with Crippen LogP contribution in [0.15, 0.2) is 42.5 Å². The van der Waals surface area contributed by atoms with E-state index in [-0.39, 0.29) is 6.04 Å². The van der Waals surface area contributed by atoms with Crippen LogP contribution in [0.4, 0.5) is 14.5 Å². The summed E-state index contributed by atoms with van der Waals surface area (Å²) in [7, 11) is 5.58. The standard InChI is InChI=1S/C17H20F2N2O/c1-21(2)17(12-4-7-14(22-3)8-5-12)11-20-13-6-9-15(18)16(19)10-13/h4-10,17,20H,11H2,1-3H3. The van der Waals surface area contributed by atoms with Crippen molar-refractivity contribution in [1.29, 1.82) is 0 Å². The van der Waals surface area contributed by atoms with Gasteiger partial charge in [0.1, 0.15) is 5.75 Å². The van der Waals surface area contributed by atoms with Crippen LogP contribution in [0.1, 0.15) is 11.6 Å². The van der Waals surface area contributed by atoms with E-state index < -0.39 is 11.6 Å². The first kappa shape index (κ1) is 16.2. The molecule has 0 amide bonds. The minimum Gasteiger partial charge on any atom is -0.497 e. The van der Waals surface area contributed by atoms with Gasteiger partial charge in [-0.05, 0) is 50.0 Å². The number of rotatable bonds is 6. The van der Waals surface area contributed by atoms with Crippen LogP contribution in [0.3, 0.4) is 0 Å². The largest absolute Gasteiger partial charge is 0.497 e. The third-order valence-electron chi connectivity index (χ3n) is 3.54. The summed E-state index contributed by atoms with van der Waals surface area (Å²) in [5.41, 5.74) is 1.67. The van der Waals surface area contributed by atoms with E-state index in [9.17, 15) is 8.78 Å². The molecule has 0 aliphatic rings. The summed E-state index contributed by atoms with van der Waals surface area (Å²) in [5, 5.41) is 3.14. The molecule has 0 heterocycles. The number of hydrogen-bond acceptors (Lipinski definition) is 3. The van der Waals surface area contributed by atoms with Crippen LogP contribution in [0.5, 0.6) is 5.75 Å². The van der Waals surface area contributed by atoms with Gasteiger partial charge in [-0.15, -0.1) is 0 Å². The van der Waals surface area contributed by atoms with Crippen LogP contribution in [0, 0.1) is 11.6 Å². The van der Waals surface area contributed by atoms with E-state index in [0.717, 1.165) is 23.4 Å². The zero-order chi connectivity index (χ0) is 16.1. The van der Waals surface area contributed by atoms with Crippen molar-refractivity contribution in [3.05, 3.63) is 59.7 Å². The van der Waals surface area contributed by atoms with Crippen molar-refractivity contribution in [1.82, 2.24) is 4.90 Å². The average molecular weight is 306 g/mol. The second-order valence-corrected chi connectivity index (χ2v) is 5.26. The van der Waals surface area contributed by atoms with Gasteiger partial charge in [0, 0.05) is 12.2 Å². The molecule has 22 heavy (non-hydrogen) atoms. The van der Waals surface area contributed by atoms with Crippen molar-refractivity contribution in [2.75, 3.05) is 33.1 Å². The fourth-order valence-corrected chi connectivity index (χ4v) is 2.25. The number of nitrogens with zero attached hydrogens (tertiary/aromatic N) is 1. The smallest absolute Gasteiger partial charge is 0.160 e. The van der Waals surface area contributed by atoms with Crippen molar-refractivity contribution >= 4 is 5.69 Å². The van der Waals surface area contributed by atoms with Crippen LogP contribution in [-0.2, 0) is 0 Å². The molecule has 3 nitrogen and oxygen atoms in total. The molecule has 0 aliphatic heterocycles. The molecule has 118 valence electrons. The Kier molecular flexibility index (Phi) is 5.33. The maximum Gasteiger partial charge on any atom is 0.160 e.